The summed E-state index contributed by atoms with van der Waals surface area (Å²) in [6.07, 6.45) is 2.59. The number of carboxylic acids is 1. The van der Waals surface area contributed by atoms with Crippen LogP contribution in [0.3, 0.4) is 0 Å². The average molecular weight is 258 g/mol. The van der Waals surface area contributed by atoms with E-state index < -0.39 is 5.97 Å². The lowest BCUT2D eigenvalue weighted by Crippen LogP contribution is -1.99. The van der Waals surface area contributed by atoms with E-state index in [0.29, 0.717) is 6.42 Å². The van der Waals surface area contributed by atoms with Gasteiger partial charge in [-0.25, -0.2) is 4.68 Å². The quantitative estimate of drug-likeness (QED) is 0.917. The summed E-state index contributed by atoms with van der Waals surface area (Å²) in [5, 5.41) is 13.2. The van der Waals surface area contributed by atoms with E-state index in [4.69, 9.17) is 5.11 Å². The van der Waals surface area contributed by atoms with Gasteiger partial charge in [-0.1, -0.05) is 12.1 Å². The summed E-state index contributed by atoms with van der Waals surface area (Å²) in [4.78, 5) is 10.6. The van der Waals surface area contributed by atoms with Gasteiger partial charge in [0.05, 0.1) is 11.4 Å². The van der Waals surface area contributed by atoms with Crippen molar-refractivity contribution in [2.24, 2.45) is 0 Å². The molecule has 4 nitrogen and oxygen atoms in total. The highest BCUT2D eigenvalue weighted by molar-refractivity contribution is 5.67. The van der Waals surface area contributed by atoms with Crippen molar-refractivity contribution in [3.63, 3.8) is 0 Å². The van der Waals surface area contributed by atoms with Crippen LogP contribution in [0.2, 0.25) is 0 Å². The minimum absolute atomic E-state index is 0.138. The van der Waals surface area contributed by atoms with Gasteiger partial charge in [-0.05, 0) is 49.9 Å². The van der Waals surface area contributed by atoms with Crippen LogP contribution in [0.1, 0.15) is 28.8 Å². The molecule has 1 heterocycles. The van der Waals surface area contributed by atoms with Gasteiger partial charge in [0.2, 0.25) is 0 Å². The smallest absolute Gasteiger partial charge is 0.303 e. The molecule has 2 aromatic rings. The van der Waals surface area contributed by atoms with Crippen LogP contribution in [0.25, 0.3) is 5.69 Å². The van der Waals surface area contributed by atoms with Crippen molar-refractivity contribution >= 4 is 5.97 Å². The van der Waals surface area contributed by atoms with Crippen molar-refractivity contribution in [3.8, 4) is 5.69 Å². The van der Waals surface area contributed by atoms with Gasteiger partial charge in [0, 0.05) is 12.6 Å². The lowest BCUT2D eigenvalue weighted by Gasteiger charge is -2.07. The Morgan fingerprint density at radius 1 is 1.32 bits per heavy atom. The third kappa shape index (κ3) is 2.84. The molecule has 100 valence electrons. The van der Waals surface area contributed by atoms with Crippen molar-refractivity contribution in [1.82, 2.24) is 9.78 Å². The molecule has 0 aliphatic rings. The van der Waals surface area contributed by atoms with E-state index in [-0.39, 0.29) is 6.42 Å². The second-order valence-corrected chi connectivity index (χ2v) is 4.80. The molecule has 0 radical (unpaired) electrons. The summed E-state index contributed by atoms with van der Waals surface area (Å²) in [6.45, 7) is 6.05. The van der Waals surface area contributed by atoms with Gasteiger partial charge in [0.25, 0.3) is 0 Å². The second kappa shape index (κ2) is 5.26. The molecule has 0 aliphatic heterocycles. The zero-order chi connectivity index (χ0) is 14.0. The zero-order valence-electron chi connectivity index (χ0n) is 11.5. The van der Waals surface area contributed by atoms with Crippen LogP contribution in [0.15, 0.2) is 24.4 Å². The van der Waals surface area contributed by atoms with E-state index >= 15 is 0 Å². The molecule has 0 aliphatic carbocycles. The molecule has 1 aromatic heterocycles. The molecule has 0 saturated carbocycles. The highest BCUT2D eigenvalue weighted by Crippen LogP contribution is 2.19. The first-order valence-corrected chi connectivity index (χ1v) is 6.32. The van der Waals surface area contributed by atoms with E-state index in [1.165, 1.54) is 11.1 Å². The topological polar surface area (TPSA) is 55.1 Å². The number of rotatable bonds is 4. The summed E-state index contributed by atoms with van der Waals surface area (Å²) in [5.74, 6) is -0.779. The third-order valence-corrected chi connectivity index (χ3v) is 3.43. The van der Waals surface area contributed by atoms with Gasteiger partial charge in [-0.3, -0.25) is 4.79 Å². The van der Waals surface area contributed by atoms with Crippen LogP contribution < -0.4 is 0 Å². The highest BCUT2D eigenvalue weighted by atomic mass is 16.4. The maximum atomic E-state index is 10.6. The molecule has 0 saturated heterocycles. The molecule has 1 N–H and O–H groups in total. The number of aliphatic carboxylic acids is 1. The first-order valence-electron chi connectivity index (χ1n) is 6.32. The molecule has 0 spiro atoms. The second-order valence-electron chi connectivity index (χ2n) is 4.80. The van der Waals surface area contributed by atoms with Crippen LogP contribution in [-0.2, 0) is 11.2 Å². The molecule has 0 unspecified atom stereocenters. The molecule has 1 aromatic carbocycles. The number of nitrogens with zero attached hydrogens (tertiary/aromatic N) is 2. The molecule has 0 amide bonds. The molecular formula is C15H18N2O2. The minimum atomic E-state index is -0.779. The van der Waals surface area contributed by atoms with E-state index in [9.17, 15) is 4.79 Å². The van der Waals surface area contributed by atoms with Gasteiger partial charge >= 0.3 is 5.97 Å². The normalized spacial score (nSPS) is 10.7. The van der Waals surface area contributed by atoms with Crippen molar-refractivity contribution < 1.29 is 9.90 Å². The number of aryl methyl sites for hydroxylation is 3. The molecular weight excluding hydrogens is 240 g/mol. The standard InChI is InChI=1S/C15H18N2O2/c1-10-5-4-6-14(11(10)2)17-9-13(12(3)16-17)7-8-15(18)19/h4-6,9H,7-8H2,1-3H3,(H,18,19). The monoisotopic (exact) mass is 258 g/mol. The summed E-state index contributed by atoms with van der Waals surface area (Å²) in [5.41, 5.74) is 5.34. The lowest BCUT2D eigenvalue weighted by atomic mass is 10.1. The first-order chi connectivity index (χ1) is 8.99. The number of carbonyl (C=O) groups is 1. The van der Waals surface area contributed by atoms with Crippen LogP contribution in [0.4, 0.5) is 0 Å². The summed E-state index contributed by atoms with van der Waals surface area (Å²) < 4.78 is 1.84. The Hall–Kier alpha value is -2.10. The van der Waals surface area contributed by atoms with E-state index in [0.717, 1.165) is 16.9 Å². The van der Waals surface area contributed by atoms with Gasteiger partial charge in [0.15, 0.2) is 0 Å². The molecule has 0 bridgehead atoms. The fourth-order valence-electron chi connectivity index (χ4n) is 2.09. The minimum Gasteiger partial charge on any atom is -0.481 e. The predicted octanol–water partition coefficient (Wildman–Crippen LogP) is 2.81. The number of benzene rings is 1. The fraction of sp³-hybridized carbons (Fsp3) is 0.333. The molecule has 4 heteroatoms. The van der Waals surface area contributed by atoms with Crippen molar-refractivity contribution in [2.45, 2.75) is 33.6 Å². The molecule has 19 heavy (non-hydrogen) atoms. The maximum absolute atomic E-state index is 10.6. The largest absolute Gasteiger partial charge is 0.481 e. The number of carboxylic acid groups (broad SMARTS) is 1. The molecule has 0 atom stereocenters. The Bertz CT molecular complexity index is 615. The summed E-state index contributed by atoms with van der Waals surface area (Å²) in [6, 6.07) is 6.10. The SMILES string of the molecule is Cc1cccc(-n2cc(CCC(=O)O)c(C)n2)c1C. The Balaban J connectivity index is 2.34. The lowest BCUT2D eigenvalue weighted by molar-refractivity contribution is -0.136. The predicted molar refractivity (Wildman–Crippen MR) is 73.7 cm³/mol. The van der Waals surface area contributed by atoms with Gasteiger partial charge in [0.1, 0.15) is 0 Å². The third-order valence-electron chi connectivity index (χ3n) is 3.43. The Morgan fingerprint density at radius 3 is 2.74 bits per heavy atom. The maximum Gasteiger partial charge on any atom is 0.303 e. The highest BCUT2D eigenvalue weighted by Gasteiger charge is 2.10. The Kier molecular flexibility index (Phi) is 3.69. The Morgan fingerprint density at radius 2 is 2.05 bits per heavy atom. The van der Waals surface area contributed by atoms with Crippen molar-refractivity contribution in [1.29, 1.82) is 0 Å². The number of hydrogen-bond donors (Lipinski definition) is 1. The van der Waals surface area contributed by atoms with E-state index in [1.807, 2.05) is 29.9 Å². The molecule has 0 fully saturated rings. The summed E-state index contributed by atoms with van der Waals surface area (Å²) >= 11 is 0. The van der Waals surface area contributed by atoms with Crippen LogP contribution in [-0.4, -0.2) is 20.9 Å². The van der Waals surface area contributed by atoms with Crippen LogP contribution in [0.5, 0.6) is 0 Å². The van der Waals surface area contributed by atoms with Gasteiger partial charge in [-0.15, -0.1) is 0 Å². The van der Waals surface area contributed by atoms with E-state index in [1.54, 1.807) is 0 Å². The van der Waals surface area contributed by atoms with Gasteiger partial charge < -0.3 is 5.11 Å². The Labute approximate surface area is 112 Å². The van der Waals surface area contributed by atoms with Crippen molar-refractivity contribution in [3.05, 3.63) is 46.8 Å². The first kappa shape index (κ1) is 13.3. The van der Waals surface area contributed by atoms with E-state index in [2.05, 4.69) is 25.0 Å². The van der Waals surface area contributed by atoms with Crippen LogP contribution >= 0.6 is 0 Å². The van der Waals surface area contributed by atoms with Crippen LogP contribution in [0, 0.1) is 20.8 Å². The summed E-state index contributed by atoms with van der Waals surface area (Å²) in [7, 11) is 0. The average Bonchev–Trinajstić information content (AvgIpc) is 2.71. The zero-order valence-corrected chi connectivity index (χ0v) is 11.5. The number of aromatic nitrogens is 2. The van der Waals surface area contributed by atoms with Crippen molar-refractivity contribution in [2.75, 3.05) is 0 Å². The molecule has 2 rings (SSSR count). The van der Waals surface area contributed by atoms with Gasteiger partial charge in [-0.2, -0.15) is 5.10 Å². The number of hydrogen-bond acceptors (Lipinski definition) is 2. The fourth-order valence-corrected chi connectivity index (χ4v) is 2.09.